The molecule has 0 amide bonds. The number of nitrogens with two attached hydrogens (primary N) is 1. The van der Waals surface area contributed by atoms with E-state index in [1.165, 1.54) is 32.1 Å². The van der Waals surface area contributed by atoms with E-state index in [1.807, 2.05) is 0 Å². The lowest BCUT2D eigenvalue weighted by Crippen LogP contribution is -2.46. The Morgan fingerprint density at radius 1 is 1.19 bits per heavy atom. The minimum Gasteiger partial charge on any atom is -0.381 e. The normalized spacial score (nSPS) is 33.2. The average molecular weight is 226 g/mol. The van der Waals surface area contributed by atoms with Crippen LogP contribution < -0.4 is 5.73 Å². The minimum atomic E-state index is 0.347. The van der Waals surface area contributed by atoms with E-state index in [1.54, 1.807) is 0 Å². The van der Waals surface area contributed by atoms with Crippen molar-refractivity contribution in [2.45, 2.75) is 50.6 Å². The van der Waals surface area contributed by atoms with Crippen molar-refractivity contribution in [2.24, 2.45) is 11.7 Å². The fraction of sp³-hybridized carbons (Fsp3) is 1.00. The Labute approximate surface area is 99.3 Å². The number of nitrogens with zero attached hydrogens (tertiary/aromatic N) is 1. The molecule has 3 heteroatoms. The molecule has 0 bridgehead atoms. The zero-order valence-electron chi connectivity index (χ0n) is 10.5. The Hall–Kier alpha value is -0.120. The van der Waals surface area contributed by atoms with Crippen LogP contribution in [0.2, 0.25) is 0 Å². The van der Waals surface area contributed by atoms with Crippen molar-refractivity contribution in [2.75, 3.05) is 26.8 Å². The molecule has 2 fully saturated rings. The van der Waals surface area contributed by atoms with Gasteiger partial charge >= 0.3 is 0 Å². The predicted octanol–water partition coefficient (Wildman–Crippen LogP) is 1.61. The summed E-state index contributed by atoms with van der Waals surface area (Å²) in [6, 6.07) is 1.14. The highest BCUT2D eigenvalue weighted by Gasteiger charge is 2.26. The van der Waals surface area contributed by atoms with E-state index in [0.29, 0.717) is 12.0 Å². The number of hydrogen-bond donors (Lipinski definition) is 1. The molecular formula is C13H26N2O. The van der Waals surface area contributed by atoms with Crippen LogP contribution in [-0.2, 0) is 4.74 Å². The van der Waals surface area contributed by atoms with E-state index in [2.05, 4.69) is 11.9 Å². The Morgan fingerprint density at radius 3 is 2.62 bits per heavy atom. The van der Waals surface area contributed by atoms with Crippen LogP contribution in [0.5, 0.6) is 0 Å². The second kappa shape index (κ2) is 5.99. The molecule has 0 aromatic heterocycles. The molecule has 2 atom stereocenters. The van der Waals surface area contributed by atoms with Crippen LogP contribution in [0.3, 0.4) is 0 Å². The Bertz CT molecular complexity index is 204. The highest BCUT2D eigenvalue weighted by atomic mass is 16.5. The monoisotopic (exact) mass is 226 g/mol. The van der Waals surface area contributed by atoms with Gasteiger partial charge in [0.05, 0.1) is 6.61 Å². The third kappa shape index (κ3) is 3.19. The van der Waals surface area contributed by atoms with Gasteiger partial charge in [-0.15, -0.1) is 0 Å². The number of ether oxygens (including phenoxy) is 1. The molecule has 2 rings (SSSR count). The van der Waals surface area contributed by atoms with Crippen molar-refractivity contribution >= 4 is 0 Å². The van der Waals surface area contributed by atoms with Gasteiger partial charge in [-0.2, -0.15) is 0 Å². The zero-order valence-corrected chi connectivity index (χ0v) is 10.5. The molecule has 0 aromatic rings. The lowest BCUT2D eigenvalue weighted by molar-refractivity contribution is 0.0212. The van der Waals surface area contributed by atoms with E-state index in [9.17, 15) is 0 Å². The molecule has 94 valence electrons. The summed E-state index contributed by atoms with van der Waals surface area (Å²) in [6.07, 6.45) is 8.02. The van der Waals surface area contributed by atoms with Gasteiger partial charge < -0.3 is 15.4 Å². The molecule has 0 radical (unpaired) electrons. The van der Waals surface area contributed by atoms with Gasteiger partial charge in [-0.25, -0.2) is 0 Å². The minimum absolute atomic E-state index is 0.347. The molecule has 0 spiro atoms. The Balaban J connectivity index is 1.78. The van der Waals surface area contributed by atoms with Crippen molar-refractivity contribution in [3.05, 3.63) is 0 Å². The maximum Gasteiger partial charge on any atom is 0.0521 e. The third-order valence-electron chi connectivity index (χ3n) is 4.25. The highest BCUT2D eigenvalue weighted by molar-refractivity contribution is 4.81. The van der Waals surface area contributed by atoms with Gasteiger partial charge in [0.2, 0.25) is 0 Å². The molecule has 2 N–H and O–H groups in total. The van der Waals surface area contributed by atoms with E-state index in [4.69, 9.17) is 10.5 Å². The smallest absolute Gasteiger partial charge is 0.0521 e. The SMILES string of the molecule is CN(CC1COCCC1N)C1CCCCC1. The van der Waals surface area contributed by atoms with Gasteiger partial charge in [-0.1, -0.05) is 19.3 Å². The first kappa shape index (κ1) is 12.3. The van der Waals surface area contributed by atoms with Crippen molar-refractivity contribution in [3.8, 4) is 0 Å². The van der Waals surface area contributed by atoms with E-state index < -0.39 is 0 Å². The van der Waals surface area contributed by atoms with E-state index in [-0.39, 0.29) is 0 Å². The van der Waals surface area contributed by atoms with Crippen LogP contribution in [-0.4, -0.2) is 43.8 Å². The van der Waals surface area contributed by atoms with Gasteiger partial charge in [0.1, 0.15) is 0 Å². The van der Waals surface area contributed by atoms with Crippen LogP contribution in [0.15, 0.2) is 0 Å². The van der Waals surface area contributed by atoms with Crippen LogP contribution in [0.1, 0.15) is 38.5 Å². The predicted molar refractivity (Wildman–Crippen MR) is 66.4 cm³/mol. The molecule has 2 aliphatic rings. The lowest BCUT2D eigenvalue weighted by Gasteiger charge is -2.37. The molecule has 1 aliphatic carbocycles. The Morgan fingerprint density at radius 2 is 1.94 bits per heavy atom. The largest absolute Gasteiger partial charge is 0.381 e. The molecule has 1 saturated heterocycles. The molecule has 16 heavy (non-hydrogen) atoms. The zero-order chi connectivity index (χ0) is 11.4. The number of rotatable bonds is 3. The summed E-state index contributed by atoms with van der Waals surface area (Å²) in [6.45, 7) is 2.83. The summed E-state index contributed by atoms with van der Waals surface area (Å²) in [5, 5.41) is 0. The second-order valence-corrected chi connectivity index (χ2v) is 5.52. The number of hydrogen-bond acceptors (Lipinski definition) is 3. The summed E-state index contributed by atoms with van der Waals surface area (Å²) in [5.74, 6) is 0.542. The molecule has 0 aromatic carbocycles. The highest BCUT2D eigenvalue weighted by Crippen LogP contribution is 2.23. The van der Waals surface area contributed by atoms with Crippen LogP contribution in [0.25, 0.3) is 0 Å². The summed E-state index contributed by atoms with van der Waals surface area (Å²) in [5.41, 5.74) is 6.15. The van der Waals surface area contributed by atoms with Crippen molar-refractivity contribution in [1.29, 1.82) is 0 Å². The lowest BCUT2D eigenvalue weighted by atomic mass is 9.91. The van der Waals surface area contributed by atoms with Gasteiger partial charge in [0, 0.05) is 31.2 Å². The van der Waals surface area contributed by atoms with Crippen LogP contribution in [0, 0.1) is 5.92 Å². The van der Waals surface area contributed by atoms with Gasteiger partial charge in [-0.3, -0.25) is 0 Å². The maximum absolute atomic E-state index is 6.15. The van der Waals surface area contributed by atoms with E-state index in [0.717, 1.165) is 32.2 Å². The first-order chi connectivity index (χ1) is 7.77. The maximum atomic E-state index is 6.15. The van der Waals surface area contributed by atoms with Crippen molar-refractivity contribution < 1.29 is 4.74 Å². The first-order valence-corrected chi connectivity index (χ1v) is 6.81. The molecular weight excluding hydrogens is 200 g/mol. The van der Waals surface area contributed by atoms with Gasteiger partial charge in [-0.05, 0) is 26.3 Å². The third-order valence-corrected chi connectivity index (χ3v) is 4.25. The quantitative estimate of drug-likeness (QED) is 0.794. The summed E-state index contributed by atoms with van der Waals surface area (Å²) >= 11 is 0. The van der Waals surface area contributed by atoms with Crippen LogP contribution >= 0.6 is 0 Å². The topological polar surface area (TPSA) is 38.5 Å². The summed E-state index contributed by atoms with van der Waals surface area (Å²) in [4.78, 5) is 2.53. The summed E-state index contributed by atoms with van der Waals surface area (Å²) in [7, 11) is 2.26. The van der Waals surface area contributed by atoms with Crippen molar-refractivity contribution in [3.63, 3.8) is 0 Å². The van der Waals surface area contributed by atoms with E-state index >= 15 is 0 Å². The molecule has 1 heterocycles. The fourth-order valence-electron chi connectivity index (χ4n) is 3.04. The molecule has 2 unspecified atom stereocenters. The van der Waals surface area contributed by atoms with Gasteiger partial charge in [0.25, 0.3) is 0 Å². The molecule has 1 aliphatic heterocycles. The second-order valence-electron chi connectivity index (χ2n) is 5.52. The molecule has 1 saturated carbocycles. The molecule has 3 nitrogen and oxygen atoms in total. The van der Waals surface area contributed by atoms with Crippen LogP contribution in [0.4, 0.5) is 0 Å². The van der Waals surface area contributed by atoms with Gasteiger partial charge in [0.15, 0.2) is 0 Å². The first-order valence-electron chi connectivity index (χ1n) is 6.81. The Kier molecular flexibility index (Phi) is 4.62. The fourth-order valence-corrected chi connectivity index (χ4v) is 3.04. The van der Waals surface area contributed by atoms with Crippen molar-refractivity contribution in [1.82, 2.24) is 4.90 Å². The summed E-state index contributed by atoms with van der Waals surface area (Å²) < 4.78 is 5.53. The average Bonchev–Trinajstić information content (AvgIpc) is 2.33. The standard InChI is InChI=1S/C13H26N2O/c1-15(12-5-3-2-4-6-12)9-11-10-16-8-7-13(11)14/h11-13H,2-10,14H2,1H3.